The largest absolute Gasteiger partial charge is 0.454 e. The van der Waals surface area contributed by atoms with Crippen LogP contribution in [0.1, 0.15) is 23.8 Å². The molecule has 1 aliphatic rings. The Balaban J connectivity index is 1.48. The smallest absolute Gasteiger partial charge is 0.231 e. The lowest BCUT2D eigenvalue weighted by Gasteiger charge is -2.04. The number of nitrogens with one attached hydrogen (secondary N) is 1. The highest BCUT2D eigenvalue weighted by Crippen LogP contribution is 2.32. The fourth-order valence-electron chi connectivity index (χ4n) is 1.99. The highest BCUT2D eigenvalue weighted by atomic mass is 32.1. The van der Waals surface area contributed by atoms with Crippen LogP contribution in [0.5, 0.6) is 11.5 Å². The Morgan fingerprint density at radius 2 is 2.19 bits per heavy atom. The number of aromatic nitrogens is 1. The Morgan fingerprint density at radius 1 is 1.29 bits per heavy atom. The van der Waals surface area contributed by atoms with Crippen molar-refractivity contribution in [3.8, 4) is 11.5 Å². The average molecular weight is 306 g/mol. The fraction of sp³-hybridized carbons (Fsp3) is 0.400. The Kier molecular flexibility index (Phi) is 4.57. The van der Waals surface area contributed by atoms with E-state index in [1.54, 1.807) is 11.3 Å². The van der Waals surface area contributed by atoms with Crippen LogP contribution in [0.3, 0.4) is 0 Å². The van der Waals surface area contributed by atoms with Gasteiger partial charge >= 0.3 is 0 Å². The third kappa shape index (κ3) is 3.65. The van der Waals surface area contributed by atoms with Gasteiger partial charge in [-0.1, -0.05) is 24.3 Å². The first-order chi connectivity index (χ1) is 10.3. The molecule has 1 aliphatic heterocycles. The van der Waals surface area contributed by atoms with Gasteiger partial charge in [-0.15, -0.1) is 0 Å². The van der Waals surface area contributed by atoms with E-state index >= 15 is 0 Å². The monoisotopic (exact) mass is 306 g/mol. The normalized spacial score (nSPS) is 12.6. The number of nitrogens with zero attached hydrogens (tertiary/aromatic N) is 1. The summed E-state index contributed by atoms with van der Waals surface area (Å²) >= 11 is 1.64. The lowest BCUT2D eigenvalue weighted by molar-refractivity contribution is 0.109. The number of hydrogen-bond donors (Lipinski definition) is 1. The first-order valence-electron chi connectivity index (χ1n) is 7.00. The molecule has 1 aromatic heterocycles. The summed E-state index contributed by atoms with van der Waals surface area (Å²) in [6.07, 6.45) is 2.96. The minimum Gasteiger partial charge on any atom is -0.454 e. The highest BCUT2D eigenvalue weighted by molar-refractivity contribution is 7.15. The molecular formula is C15H18N2O3S. The van der Waals surface area contributed by atoms with Gasteiger partial charge in [-0.25, -0.2) is 4.98 Å². The Labute approximate surface area is 127 Å². The standard InChI is InChI=1S/C15H18N2O3S/c1-2-5-16-15-17-7-12(21-15)9-18-8-11-3-4-13-14(6-11)20-10-19-13/h3-4,6-7H,2,5,8-10H2,1H3,(H,16,17). The Morgan fingerprint density at radius 3 is 3.10 bits per heavy atom. The van der Waals surface area contributed by atoms with Gasteiger partial charge in [0.25, 0.3) is 0 Å². The summed E-state index contributed by atoms with van der Waals surface area (Å²) in [6, 6.07) is 5.87. The van der Waals surface area contributed by atoms with Crippen LogP contribution in [0.25, 0.3) is 0 Å². The molecular weight excluding hydrogens is 288 g/mol. The third-order valence-electron chi connectivity index (χ3n) is 3.03. The molecule has 1 aromatic carbocycles. The molecule has 0 atom stereocenters. The molecule has 0 unspecified atom stereocenters. The zero-order valence-electron chi connectivity index (χ0n) is 11.9. The molecule has 0 saturated heterocycles. The molecule has 2 heterocycles. The third-order valence-corrected chi connectivity index (χ3v) is 3.96. The molecule has 0 amide bonds. The number of ether oxygens (including phenoxy) is 3. The molecule has 0 radical (unpaired) electrons. The Hall–Kier alpha value is -1.79. The molecule has 21 heavy (non-hydrogen) atoms. The lowest BCUT2D eigenvalue weighted by atomic mass is 10.2. The minimum absolute atomic E-state index is 0.300. The molecule has 0 spiro atoms. The van der Waals surface area contributed by atoms with Gasteiger partial charge in [-0.2, -0.15) is 0 Å². The topological polar surface area (TPSA) is 52.6 Å². The number of hydrogen-bond acceptors (Lipinski definition) is 6. The summed E-state index contributed by atoms with van der Waals surface area (Å²) in [5.74, 6) is 1.59. The van der Waals surface area contributed by atoms with E-state index in [0.717, 1.165) is 40.0 Å². The maximum atomic E-state index is 5.73. The van der Waals surface area contributed by atoms with Gasteiger partial charge in [0.15, 0.2) is 16.6 Å². The summed E-state index contributed by atoms with van der Waals surface area (Å²) < 4.78 is 16.4. The van der Waals surface area contributed by atoms with Crippen molar-refractivity contribution in [1.82, 2.24) is 4.98 Å². The quantitative estimate of drug-likeness (QED) is 0.849. The maximum Gasteiger partial charge on any atom is 0.231 e. The SMILES string of the molecule is CCCNc1ncc(COCc2ccc3c(c2)OCO3)s1. The number of fused-ring (bicyclic) bond motifs is 1. The Bertz CT molecular complexity index is 600. The second-order valence-electron chi connectivity index (χ2n) is 4.74. The van der Waals surface area contributed by atoms with E-state index in [0.29, 0.717) is 20.0 Å². The van der Waals surface area contributed by atoms with Gasteiger partial charge in [0.2, 0.25) is 6.79 Å². The van der Waals surface area contributed by atoms with Gasteiger partial charge < -0.3 is 19.5 Å². The second-order valence-corrected chi connectivity index (χ2v) is 5.85. The number of thiazole rings is 1. The van der Waals surface area contributed by atoms with Gasteiger partial charge in [-0.3, -0.25) is 0 Å². The molecule has 2 aromatic rings. The van der Waals surface area contributed by atoms with Gasteiger partial charge in [0.05, 0.1) is 18.1 Å². The van der Waals surface area contributed by atoms with Crippen LogP contribution < -0.4 is 14.8 Å². The number of anilines is 1. The second kappa shape index (κ2) is 6.78. The van der Waals surface area contributed by atoms with Crippen molar-refractivity contribution in [1.29, 1.82) is 0 Å². The van der Waals surface area contributed by atoms with E-state index in [9.17, 15) is 0 Å². The van der Waals surface area contributed by atoms with Gasteiger partial charge in [0.1, 0.15) is 0 Å². The minimum atomic E-state index is 0.300. The van der Waals surface area contributed by atoms with Gasteiger partial charge in [0, 0.05) is 12.7 Å². The van der Waals surface area contributed by atoms with E-state index in [2.05, 4.69) is 17.2 Å². The van der Waals surface area contributed by atoms with Crippen molar-refractivity contribution in [2.45, 2.75) is 26.6 Å². The summed E-state index contributed by atoms with van der Waals surface area (Å²) in [7, 11) is 0. The van der Waals surface area contributed by atoms with Crippen LogP contribution in [0.15, 0.2) is 24.4 Å². The van der Waals surface area contributed by atoms with E-state index in [-0.39, 0.29) is 0 Å². The van der Waals surface area contributed by atoms with E-state index in [4.69, 9.17) is 14.2 Å². The zero-order valence-corrected chi connectivity index (χ0v) is 12.7. The molecule has 0 saturated carbocycles. The summed E-state index contributed by atoms with van der Waals surface area (Å²) in [5, 5.41) is 4.23. The van der Waals surface area contributed by atoms with Crippen LogP contribution in [0.2, 0.25) is 0 Å². The average Bonchev–Trinajstić information content (AvgIpc) is 3.13. The van der Waals surface area contributed by atoms with E-state index in [1.165, 1.54) is 0 Å². The van der Waals surface area contributed by atoms with Crippen LogP contribution in [0.4, 0.5) is 5.13 Å². The molecule has 1 N–H and O–H groups in total. The molecule has 112 valence electrons. The fourth-order valence-corrected chi connectivity index (χ4v) is 2.76. The van der Waals surface area contributed by atoms with Crippen molar-refractivity contribution in [3.05, 3.63) is 34.8 Å². The van der Waals surface area contributed by atoms with Crippen molar-refractivity contribution in [3.63, 3.8) is 0 Å². The molecule has 5 nitrogen and oxygen atoms in total. The van der Waals surface area contributed by atoms with Crippen molar-refractivity contribution in [2.24, 2.45) is 0 Å². The van der Waals surface area contributed by atoms with Crippen molar-refractivity contribution >= 4 is 16.5 Å². The predicted octanol–water partition coefficient (Wildman–Crippen LogP) is 3.41. The van der Waals surface area contributed by atoms with E-state index in [1.807, 2.05) is 24.4 Å². The van der Waals surface area contributed by atoms with Crippen molar-refractivity contribution < 1.29 is 14.2 Å². The predicted molar refractivity (Wildman–Crippen MR) is 82.0 cm³/mol. The maximum absolute atomic E-state index is 5.73. The van der Waals surface area contributed by atoms with Gasteiger partial charge in [-0.05, 0) is 24.1 Å². The molecule has 3 rings (SSSR count). The van der Waals surface area contributed by atoms with Crippen LogP contribution >= 0.6 is 11.3 Å². The van der Waals surface area contributed by atoms with E-state index < -0.39 is 0 Å². The summed E-state index contributed by atoms with van der Waals surface area (Å²) in [5.41, 5.74) is 1.08. The lowest BCUT2D eigenvalue weighted by Crippen LogP contribution is -1.97. The molecule has 0 aliphatic carbocycles. The number of rotatable bonds is 7. The highest BCUT2D eigenvalue weighted by Gasteiger charge is 2.13. The molecule has 0 fully saturated rings. The van der Waals surface area contributed by atoms with Crippen molar-refractivity contribution in [2.75, 3.05) is 18.7 Å². The van der Waals surface area contributed by atoms with Crippen LogP contribution in [-0.4, -0.2) is 18.3 Å². The first kappa shape index (κ1) is 14.2. The van der Waals surface area contributed by atoms with Crippen LogP contribution in [0, 0.1) is 0 Å². The molecule has 6 heteroatoms. The van der Waals surface area contributed by atoms with Crippen LogP contribution in [-0.2, 0) is 18.0 Å². The molecule has 0 bridgehead atoms. The summed E-state index contributed by atoms with van der Waals surface area (Å²) in [4.78, 5) is 5.44. The zero-order chi connectivity index (χ0) is 14.5. The first-order valence-corrected chi connectivity index (χ1v) is 7.81. The summed E-state index contributed by atoms with van der Waals surface area (Å²) in [6.45, 7) is 4.50. The number of benzene rings is 1.